The molecular formula is C5H12BrNO2. The Balaban J connectivity index is 0.000000640. The summed E-state index contributed by atoms with van der Waals surface area (Å²) in [6.45, 7) is 2.54. The first-order valence-corrected chi connectivity index (χ1v) is 2.91. The molecule has 1 heterocycles. The first-order chi connectivity index (χ1) is 3.72. The highest BCUT2D eigenvalue weighted by atomic mass is 79.9. The van der Waals surface area contributed by atoms with Gasteiger partial charge in [0.15, 0.2) is 0 Å². The summed E-state index contributed by atoms with van der Waals surface area (Å²) in [6, 6.07) is 0.171. The minimum atomic E-state index is -0.519. The van der Waals surface area contributed by atoms with E-state index in [1.54, 1.807) is 0 Å². The molecular weight excluding hydrogens is 186 g/mol. The van der Waals surface area contributed by atoms with Crippen molar-refractivity contribution in [1.29, 1.82) is 0 Å². The van der Waals surface area contributed by atoms with Gasteiger partial charge >= 0.3 is 0 Å². The predicted molar refractivity (Wildman–Crippen MR) is 28.3 cm³/mol. The van der Waals surface area contributed by atoms with Crippen molar-refractivity contribution in [3.63, 3.8) is 0 Å². The first-order valence-electron chi connectivity index (χ1n) is 2.91. The van der Waals surface area contributed by atoms with E-state index in [0.717, 1.165) is 0 Å². The summed E-state index contributed by atoms with van der Waals surface area (Å²) in [5.74, 6) is 0. The van der Waals surface area contributed by atoms with Crippen LogP contribution in [-0.2, 0) is 0 Å². The molecule has 0 aromatic rings. The topological polar surface area (TPSA) is 57.1 Å². The van der Waals surface area contributed by atoms with E-state index >= 15 is 0 Å². The monoisotopic (exact) mass is 197 g/mol. The number of hydrogen-bond acceptors (Lipinski definition) is 2. The third-order valence-corrected chi connectivity index (χ3v) is 1.68. The highest BCUT2D eigenvalue weighted by Gasteiger charge is 2.33. The van der Waals surface area contributed by atoms with Crippen LogP contribution in [0.3, 0.4) is 0 Å². The third kappa shape index (κ3) is 1.89. The normalized spacial score (nSPS) is 42.3. The molecule has 3 nitrogen and oxygen atoms in total. The Hall–Kier alpha value is 0.360. The Labute approximate surface area is 64.8 Å². The van der Waals surface area contributed by atoms with Gasteiger partial charge in [-0.25, -0.2) is 0 Å². The molecule has 0 saturated carbocycles. The van der Waals surface area contributed by atoms with Crippen LogP contribution in [-0.4, -0.2) is 35.0 Å². The van der Waals surface area contributed by atoms with Gasteiger partial charge in [-0.05, 0) is 6.92 Å². The second kappa shape index (κ2) is 3.51. The Morgan fingerprint density at radius 1 is 1.44 bits per heavy atom. The standard InChI is InChI=1S/C5H11NO2.BrH/c1-3-5(8)4(7)2-6-3;/h3-8H,2H2,1H3;1H/t3-,4+,5-;/m1./s1. The van der Waals surface area contributed by atoms with Crippen LogP contribution in [0.1, 0.15) is 6.92 Å². The van der Waals surface area contributed by atoms with Gasteiger partial charge in [0.2, 0.25) is 0 Å². The second-order valence-corrected chi connectivity index (χ2v) is 2.39. The van der Waals surface area contributed by atoms with Crippen LogP contribution in [0.2, 0.25) is 0 Å². The lowest BCUT2D eigenvalue weighted by atomic mass is 10.2. The van der Waals surface area contributed by atoms with Crippen LogP contribution in [0.15, 0.2) is 0 Å². The number of aliphatic hydroxyl groups excluding tert-OH is 2. The van der Waals surface area contributed by atoms with Gasteiger partial charge < -0.3 is 32.5 Å². The van der Waals surface area contributed by atoms with Crippen LogP contribution in [0.25, 0.3) is 0 Å². The van der Waals surface area contributed by atoms with Crippen LogP contribution in [0.4, 0.5) is 0 Å². The molecule has 1 aliphatic rings. The van der Waals surface area contributed by atoms with Crippen molar-refractivity contribution < 1.29 is 32.5 Å². The fraction of sp³-hybridized carbons (Fsp3) is 1.00. The summed E-state index contributed by atoms with van der Waals surface area (Å²) in [6.07, 6.45) is -1.03. The molecule has 4 N–H and O–H groups in total. The molecule has 0 amide bonds. The molecule has 0 aromatic heterocycles. The summed E-state index contributed by atoms with van der Waals surface area (Å²) in [5, 5.41) is 19.8. The fourth-order valence-corrected chi connectivity index (χ4v) is 0.983. The van der Waals surface area contributed by atoms with E-state index in [-0.39, 0.29) is 23.0 Å². The van der Waals surface area contributed by atoms with E-state index in [9.17, 15) is 0 Å². The Morgan fingerprint density at radius 2 is 2.00 bits per heavy atom. The molecule has 0 aliphatic carbocycles. The molecule has 9 heavy (non-hydrogen) atoms. The highest BCUT2D eigenvalue weighted by molar-refractivity contribution is 4.75. The first kappa shape index (κ1) is 9.36. The maximum atomic E-state index is 8.98. The van der Waals surface area contributed by atoms with Gasteiger partial charge in [0, 0.05) is 0 Å². The molecule has 0 radical (unpaired) electrons. The average Bonchev–Trinajstić information content (AvgIpc) is 1.98. The summed E-state index contributed by atoms with van der Waals surface area (Å²) >= 11 is 0. The van der Waals surface area contributed by atoms with Crippen molar-refractivity contribution in [2.45, 2.75) is 25.2 Å². The SMILES string of the molecule is C[C@H]1[NH2+]C[C@H](O)[C@@H]1O.[Br-]. The number of rotatable bonds is 0. The zero-order chi connectivity index (χ0) is 6.15. The van der Waals surface area contributed by atoms with Crippen LogP contribution in [0.5, 0.6) is 0 Å². The van der Waals surface area contributed by atoms with Gasteiger partial charge in [0.05, 0.1) is 0 Å². The van der Waals surface area contributed by atoms with E-state index in [1.165, 1.54) is 0 Å². The van der Waals surface area contributed by atoms with Crippen LogP contribution < -0.4 is 22.3 Å². The summed E-state index contributed by atoms with van der Waals surface area (Å²) in [4.78, 5) is 0. The zero-order valence-electron chi connectivity index (χ0n) is 5.29. The van der Waals surface area contributed by atoms with Crippen molar-refractivity contribution in [2.24, 2.45) is 0 Å². The number of nitrogens with two attached hydrogens (primary N) is 1. The largest absolute Gasteiger partial charge is 1.00 e. The fourth-order valence-electron chi connectivity index (χ4n) is 0.983. The number of hydrogen-bond donors (Lipinski definition) is 3. The highest BCUT2D eigenvalue weighted by Crippen LogP contribution is 1.98. The number of quaternary nitrogens is 1. The Bertz CT molecular complexity index is 81.0. The van der Waals surface area contributed by atoms with Crippen LogP contribution >= 0.6 is 0 Å². The molecule has 1 aliphatic heterocycles. The molecule has 0 aromatic carbocycles. The van der Waals surface area contributed by atoms with E-state index in [1.807, 2.05) is 12.2 Å². The van der Waals surface area contributed by atoms with Gasteiger partial charge in [0.25, 0.3) is 0 Å². The minimum absolute atomic E-state index is 0. The van der Waals surface area contributed by atoms with Gasteiger partial charge in [0.1, 0.15) is 24.8 Å². The summed E-state index contributed by atoms with van der Waals surface area (Å²) in [7, 11) is 0. The third-order valence-electron chi connectivity index (χ3n) is 1.68. The summed E-state index contributed by atoms with van der Waals surface area (Å²) in [5.41, 5.74) is 0. The van der Waals surface area contributed by atoms with Gasteiger partial charge in [-0.2, -0.15) is 0 Å². The molecule has 1 saturated heterocycles. The van der Waals surface area contributed by atoms with Crippen molar-refractivity contribution in [3.05, 3.63) is 0 Å². The molecule has 4 heteroatoms. The van der Waals surface area contributed by atoms with Gasteiger partial charge in [-0.15, -0.1) is 0 Å². The quantitative estimate of drug-likeness (QED) is 0.364. The van der Waals surface area contributed by atoms with Crippen molar-refractivity contribution in [2.75, 3.05) is 6.54 Å². The lowest BCUT2D eigenvalue weighted by Crippen LogP contribution is -3.00. The molecule has 3 atom stereocenters. The van der Waals surface area contributed by atoms with E-state index in [4.69, 9.17) is 10.2 Å². The average molecular weight is 198 g/mol. The number of halogens is 1. The van der Waals surface area contributed by atoms with Crippen LogP contribution in [0, 0.1) is 0 Å². The van der Waals surface area contributed by atoms with Crippen molar-refractivity contribution in [1.82, 2.24) is 0 Å². The van der Waals surface area contributed by atoms with E-state index in [2.05, 4.69) is 0 Å². The lowest BCUT2D eigenvalue weighted by molar-refractivity contribution is -0.671. The van der Waals surface area contributed by atoms with Gasteiger partial charge in [-0.3, -0.25) is 0 Å². The molecule has 1 rings (SSSR count). The molecule has 56 valence electrons. The van der Waals surface area contributed by atoms with Crippen molar-refractivity contribution >= 4 is 0 Å². The Morgan fingerprint density at radius 3 is 2.11 bits per heavy atom. The number of aliphatic hydroxyl groups is 2. The minimum Gasteiger partial charge on any atom is -1.00 e. The molecule has 0 spiro atoms. The maximum absolute atomic E-state index is 8.98. The zero-order valence-corrected chi connectivity index (χ0v) is 6.87. The second-order valence-electron chi connectivity index (χ2n) is 2.39. The maximum Gasteiger partial charge on any atom is 0.137 e. The van der Waals surface area contributed by atoms with Gasteiger partial charge in [-0.1, -0.05) is 0 Å². The molecule has 0 unspecified atom stereocenters. The Kier molecular flexibility index (Phi) is 3.65. The van der Waals surface area contributed by atoms with E-state index < -0.39 is 12.2 Å². The molecule has 0 bridgehead atoms. The van der Waals surface area contributed by atoms with Crippen molar-refractivity contribution in [3.8, 4) is 0 Å². The predicted octanol–water partition coefficient (Wildman–Crippen LogP) is -5.32. The van der Waals surface area contributed by atoms with E-state index in [0.29, 0.717) is 6.54 Å². The lowest BCUT2D eigenvalue weighted by Gasteiger charge is -2.04. The smallest absolute Gasteiger partial charge is 0.137 e. The molecule has 1 fully saturated rings. The summed E-state index contributed by atoms with van der Waals surface area (Å²) < 4.78 is 0.